The largest absolute Gasteiger partial charge is 0.461 e. The first-order chi connectivity index (χ1) is 8.44. The van der Waals surface area contributed by atoms with Gasteiger partial charge in [-0.1, -0.05) is 44.2 Å². The fourth-order valence-electron chi connectivity index (χ4n) is 2.65. The Morgan fingerprint density at radius 2 is 1.78 bits per heavy atom. The minimum absolute atomic E-state index is 0.0710. The first-order valence-electron chi connectivity index (χ1n) is 6.15. The van der Waals surface area contributed by atoms with E-state index in [2.05, 4.69) is 0 Å². The van der Waals surface area contributed by atoms with Gasteiger partial charge >= 0.3 is 5.97 Å². The topological polar surface area (TPSA) is 43.4 Å². The van der Waals surface area contributed by atoms with Crippen LogP contribution in [0.15, 0.2) is 30.3 Å². The van der Waals surface area contributed by atoms with Gasteiger partial charge in [-0.2, -0.15) is 0 Å². The van der Waals surface area contributed by atoms with E-state index >= 15 is 0 Å². The number of hydrogen-bond acceptors (Lipinski definition) is 3. The average molecular weight is 246 g/mol. The molecule has 0 unspecified atom stereocenters. The third-order valence-electron chi connectivity index (χ3n) is 3.74. The van der Waals surface area contributed by atoms with Crippen LogP contribution in [0.4, 0.5) is 0 Å². The van der Waals surface area contributed by atoms with E-state index in [1.807, 2.05) is 44.2 Å². The number of esters is 1. The monoisotopic (exact) mass is 246 g/mol. The number of benzene rings is 1. The van der Waals surface area contributed by atoms with Crippen molar-refractivity contribution in [3.8, 4) is 0 Å². The zero-order chi connectivity index (χ0) is 13.3. The molecule has 96 valence electrons. The van der Waals surface area contributed by atoms with E-state index in [9.17, 15) is 9.59 Å². The van der Waals surface area contributed by atoms with E-state index in [4.69, 9.17) is 4.74 Å². The molecule has 1 fully saturated rings. The number of carbonyl (C=O) groups excluding carboxylic acids is 2. The van der Waals surface area contributed by atoms with Gasteiger partial charge in [0.05, 0.1) is 5.92 Å². The average Bonchev–Trinajstić information content (AvgIpc) is 2.91. The van der Waals surface area contributed by atoms with E-state index in [0.717, 1.165) is 5.56 Å². The van der Waals surface area contributed by atoms with Gasteiger partial charge in [0.2, 0.25) is 0 Å². The van der Waals surface area contributed by atoms with Gasteiger partial charge in [0.25, 0.3) is 0 Å². The summed E-state index contributed by atoms with van der Waals surface area (Å²) in [6.07, 6.45) is 0. The summed E-state index contributed by atoms with van der Waals surface area (Å²) in [6, 6.07) is 9.55. The van der Waals surface area contributed by atoms with Crippen LogP contribution in [0.1, 0.15) is 26.3 Å². The van der Waals surface area contributed by atoms with Crippen molar-refractivity contribution >= 4 is 11.8 Å². The molecule has 0 bridgehead atoms. The van der Waals surface area contributed by atoms with Gasteiger partial charge in [-0.05, 0) is 17.9 Å². The van der Waals surface area contributed by atoms with Crippen LogP contribution in [0.3, 0.4) is 0 Å². The highest BCUT2D eigenvalue weighted by atomic mass is 16.5. The minimum Gasteiger partial charge on any atom is -0.461 e. The quantitative estimate of drug-likeness (QED) is 0.767. The third-order valence-corrected chi connectivity index (χ3v) is 3.74. The summed E-state index contributed by atoms with van der Waals surface area (Å²) in [5.41, 5.74) is 0.711. The number of rotatable bonds is 4. The Kier molecular flexibility index (Phi) is 3.24. The molecular formula is C15H18O3. The Labute approximate surface area is 107 Å². The molecule has 2 atom stereocenters. The molecule has 1 aliphatic carbocycles. The first kappa shape index (κ1) is 12.8. The molecule has 0 aliphatic heterocycles. The summed E-state index contributed by atoms with van der Waals surface area (Å²) in [7, 11) is 0. The van der Waals surface area contributed by atoms with Crippen LogP contribution in [0.5, 0.6) is 0 Å². The van der Waals surface area contributed by atoms with Gasteiger partial charge in [0, 0.05) is 5.92 Å². The normalized spacial score (nSPS) is 24.4. The Hall–Kier alpha value is -1.64. The van der Waals surface area contributed by atoms with Gasteiger partial charge in [0.15, 0.2) is 0 Å². The molecule has 1 aliphatic rings. The van der Waals surface area contributed by atoms with Gasteiger partial charge in [-0.3, -0.25) is 9.59 Å². The standard InChI is InChI=1S/C15H18O3/c1-10(16)12-13(15(12,2)3)14(17)18-9-11-7-5-4-6-8-11/h4-8,12-13H,9H2,1-3H3/t12-,13+/m0/s1. The van der Waals surface area contributed by atoms with E-state index in [1.54, 1.807) is 0 Å². The molecule has 0 spiro atoms. The molecule has 1 aromatic rings. The highest BCUT2D eigenvalue weighted by Gasteiger charge is 2.64. The summed E-state index contributed by atoms with van der Waals surface area (Å²) in [6.45, 7) is 5.69. The molecule has 3 heteroatoms. The molecule has 3 nitrogen and oxygen atoms in total. The Morgan fingerprint density at radius 1 is 1.17 bits per heavy atom. The maximum Gasteiger partial charge on any atom is 0.310 e. The predicted molar refractivity (Wildman–Crippen MR) is 67.7 cm³/mol. The van der Waals surface area contributed by atoms with Crippen molar-refractivity contribution in [2.45, 2.75) is 27.4 Å². The van der Waals surface area contributed by atoms with Crippen LogP contribution < -0.4 is 0 Å². The van der Waals surface area contributed by atoms with Gasteiger partial charge in [0.1, 0.15) is 12.4 Å². The van der Waals surface area contributed by atoms with Crippen LogP contribution in [-0.4, -0.2) is 11.8 Å². The maximum atomic E-state index is 11.9. The van der Waals surface area contributed by atoms with Crippen LogP contribution in [-0.2, 0) is 20.9 Å². The lowest BCUT2D eigenvalue weighted by atomic mass is 10.1. The zero-order valence-corrected chi connectivity index (χ0v) is 11.0. The molecule has 2 rings (SSSR count). The number of carbonyl (C=O) groups is 2. The SMILES string of the molecule is CC(=O)[C@H]1[C@H](C(=O)OCc2ccccc2)C1(C)C. The Morgan fingerprint density at radius 3 is 2.28 bits per heavy atom. The molecule has 18 heavy (non-hydrogen) atoms. The second-order valence-electron chi connectivity index (χ2n) is 5.48. The van der Waals surface area contributed by atoms with E-state index in [1.165, 1.54) is 6.92 Å². The summed E-state index contributed by atoms with van der Waals surface area (Å²) < 4.78 is 5.28. The lowest BCUT2D eigenvalue weighted by Crippen LogP contribution is -2.11. The summed E-state index contributed by atoms with van der Waals surface area (Å²) in [4.78, 5) is 23.3. The lowest BCUT2D eigenvalue weighted by Gasteiger charge is -2.05. The van der Waals surface area contributed by atoms with E-state index in [-0.39, 0.29) is 35.6 Å². The van der Waals surface area contributed by atoms with Crippen LogP contribution in [0.2, 0.25) is 0 Å². The fraction of sp³-hybridized carbons (Fsp3) is 0.467. The van der Waals surface area contributed by atoms with Crippen LogP contribution in [0, 0.1) is 17.3 Å². The molecular weight excluding hydrogens is 228 g/mol. The van der Waals surface area contributed by atoms with Crippen molar-refractivity contribution in [1.82, 2.24) is 0 Å². The van der Waals surface area contributed by atoms with Crippen molar-refractivity contribution in [2.75, 3.05) is 0 Å². The van der Waals surface area contributed by atoms with Gasteiger partial charge < -0.3 is 4.74 Å². The van der Waals surface area contributed by atoms with Gasteiger partial charge in [-0.15, -0.1) is 0 Å². The number of Topliss-reactive ketones (excluding diaryl/α,β-unsaturated/α-hetero) is 1. The predicted octanol–water partition coefficient (Wildman–Crippen LogP) is 2.59. The third kappa shape index (κ3) is 2.30. The van der Waals surface area contributed by atoms with E-state index < -0.39 is 0 Å². The second-order valence-corrected chi connectivity index (χ2v) is 5.48. The van der Waals surface area contributed by atoms with Crippen molar-refractivity contribution < 1.29 is 14.3 Å². The van der Waals surface area contributed by atoms with Crippen molar-refractivity contribution in [2.24, 2.45) is 17.3 Å². The number of hydrogen-bond donors (Lipinski definition) is 0. The maximum absolute atomic E-state index is 11.9. The second kappa shape index (κ2) is 4.56. The molecule has 0 radical (unpaired) electrons. The summed E-state index contributed by atoms with van der Waals surface area (Å²) in [5.74, 6) is -0.648. The molecule has 0 amide bonds. The van der Waals surface area contributed by atoms with E-state index in [0.29, 0.717) is 0 Å². The number of ether oxygens (including phenoxy) is 1. The van der Waals surface area contributed by atoms with Crippen molar-refractivity contribution in [3.05, 3.63) is 35.9 Å². The first-order valence-corrected chi connectivity index (χ1v) is 6.15. The highest BCUT2D eigenvalue weighted by molar-refractivity contribution is 5.92. The molecule has 1 saturated carbocycles. The minimum atomic E-state index is -0.279. The van der Waals surface area contributed by atoms with Gasteiger partial charge in [-0.25, -0.2) is 0 Å². The van der Waals surface area contributed by atoms with Crippen molar-refractivity contribution in [3.63, 3.8) is 0 Å². The molecule has 0 N–H and O–H groups in total. The number of ketones is 1. The fourth-order valence-corrected chi connectivity index (χ4v) is 2.65. The molecule has 0 saturated heterocycles. The lowest BCUT2D eigenvalue weighted by molar-refractivity contribution is -0.148. The van der Waals surface area contributed by atoms with Crippen LogP contribution in [0.25, 0.3) is 0 Å². The zero-order valence-electron chi connectivity index (χ0n) is 11.0. The highest BCUT2D eigenvalue weighted by Crippen LogP contribution is 2.59. The Balaban J connectivity index is 1.93. The summed E-state index contributed by atoms with van der Waals surface area (Å²) >= 11 is 0. The van der Waals surface area contributed by atoms with Crippen LogP contribution >= 0.6 is 0 Å². The molecule has 0 aromatic heterocycles. The Bertz CT molecular complexity index is 462. The summed E-state index contributed by atoms with van der Waals surface area (Å²) in [5, 5.41) is 0. The van der Waals surface area contributed by atoms with Crippen molar-refractivity contribution in [1.29, 1.82) is 0 Å². The molecule has 1 aromatic carbocycles. The smallest absolute Gasteiger partial charge is 0.310 e. The molecule has 0 heterocycles.